The molecule has 0 spiro atoms. The van der Waals surface area contributed by atoms with Gasteiger partial charge >= 0.3 is 0 Å². The number of benzene rings is 1. The number of carbonyl (C=O) groups is 3. The average molecular weight is 717 g/mol. The number of amides is 2. The number of piperidine rings is 1. The number of hydrogen-bond donors (Lipinski definition) is 1. The standard InChI is InChI=1S/C35H38BrN7O5/c1-20-8-9-30(36)39-33(20)40-34(46)27-14-35-15-29(35)43(27)31(45)18-42-26-13-28(48-11-7-5-4-6-10-47-19-35)24(23-16-37-22(3)38-17-23)12-25(26)32(41-42)21(2)44/h8-9,12-13,16-17,27,29H,4-7,10-11,14-15,18-19H2,1-3H3,(H,39,40,46)/t27-,29+,35-/m0/s1. The Balaban J connectivity index is 1.27. The first-order chi connectivity index (χ1) is 23.1. The second-order valence-corrected chi connectivity index (χ2v) is 14.0. The number of aromatic nitrogens is 5. The summed E-state index contributed by atoms with van der Waals surface area (Å²) in [5.41, 5.74) is 2.89. The molecule has 13 heteroatoms. The molecule has 1 saturated carbocycles. The molecule has 3 atom stereocenters. The van der Waals surface area contributed by atoms with Gasteiger partial charge in [0.05, 0.1) is 18.7 Å². The van der Waals surface area contributed by atoms with Crippen LogP contribution in [0.2, 0.25) is 0 Å². The van der Waals surface area contributed by atoms with Crippen molar-refractivity contribution in [3.8, 4) is 16.9 Å². The van der Waals surface area contributed by atoms with E-state index in [9.17, 15) is 14.4 Å². The molecule has 5 heterocycles. The molecule has 250 valence electrons. The summed E-state index contributed by atoms with van der Waals surface area (Å²) in [6, 6.07) is 6.59. The van der Waals surface area contributed by atoms with Crippen LogP contribution in [0.1, 0.15) is 67.3 Å². The van der Waals surface area contributed by atoms with Crippen molar-refractivity contribution in [2.45, 2.75) is 77.9 Å². The second-order valence-electron chi connectivity index (χ2n) is 13.2. The Morgan fingerprint density at radius 1 is 1.04 bits per heavy atom. The van der Waals surface area contributed by atoms with Crippen LogP contribution in [-0.2, 0) is 20.9 Å². The first-order valence-electron chi connectivity index (χ1n) is 16.4. The maximum Gasteiger partial charge on any atom is 0.248 e. The summed E-state index contributed by atoms with van der Waals surface area (Å²) in [7, 11) is 0. The van der Waals surface area contributed by atoms with Crippen molar-refractivity contribution in [1.82, 2.24) is 29.6 Å². The molecule has 2 fully saturated rings. The van der Waals surface area contributed by atoms with Gasteiger partial charge in [-0.25, -0.2) is 15.0 Å². The fourth-order valence-electron chi connectivity index (χ4n) is 7.04. The van der Waals surface area contributed by atoms with Gasteiger partial charge < -0.3 is 19.7 Å². The van der Waals surface area contributed by atoms with E-state index in [2.05, 4.69) is 41.3 Å². The fourth-order valence-corrected chi connectivity index (χ4v) is 7.35. The number of halogens is 1. The van der Waals surface area contributed by atoms with Crippen molar-refractivity contribution in [2.75, 3.05) is 25.1 Å². The van der Waals surface area contributed by atoms with Crippen molar-refractivity contribution >= 4 is 50.2 Å². The Bertz CT molecular complexity index is 1910. The molecule has 0 radical (unpaired) electrons. The minimum atomic E-state index is -0.705. The minimum absolute atomic E-state index is 0.127. The van der Waals surface area contributed by atoms with Gasteiger partial charge in [0, 0.05) is 60.0 Å². The zero-order valence-electron chi connectivity index (χ0n) is 27.3. The maximum atomic E-state index is 14.3. The highest BCUT2D eigenvalue weighted by Crippen LogP contribution is 2.60. The molecule has 3 aliphatic rings. The highest BCUT2D eigenvalue weighted by atomic mass is 79.9. The predicted molar refractivity (Wildman–Crippen MR) is 182 cm³/mol. The van der Waals surface area contributed by atoms with Crippen LogP contribution < -0.4 is 10.1 Å². The third-order valence-electron chi connectivity index (χ3n) is 9.71. The monoisotopic (exact) mass is 715 g/mol. The van der Waals surface area contributed by atoms with E-state index in [0.717, 1.165) is 48.8 Å². The Morgan fingerprint density at radius 2 is 1.81 bits per heavy atom. The summed E-state index contributed by atoms with van der Waals surface area (Å²) in [5.74, 6) is 0.927. The molecule has 48 heavy (non-hydrogen) atoms. The summed E-state index contributed by atoms with van der Waals surface area (Å²) in [5, 5.41) is 8.23. The van der Waals surface area contributed by atoms with Crippen LogP contribution in [0.3, 0.4) is 0 Å². The van der Waals surface area contributed by atoms with Gasteiger partial charge in [-0.2, -0.15) is 5.10 Å². The van der Waals surface area contributed by atoms with Crippen LogP contribution in [0.15, 0.2) is 41.3 Å². The molecule has 4 bridgehead atoms. The summed E-state index contributed by atoms with van der Waals surface area (Å²) in [4.78, 5) is 56.0. The summed E-state index contributed by atoms with van der Waals surface area (Å²) < 4.78 is 14.7. The fraction of sp³-hybridized carbons (Fsp3) is 0.457. The summed E-state index contributed by atoms with van der Waals surface area (Å²) >= 11 is 3.39. The van der Waals surface area contributed by atoms with Gasteiger partial charge in [-0.05, 0) is 79.6 Å². The van der Waals surface area contributed by atoms with Gasteiger partial charge in [-0.1, -0.05) is 12.5 Å². The summed E-state index contributed by atoms with van der Waals surface area (Å²) in [6.45, 7) is 6.63. The smallest absolute Gasteiger partial charge is 0.248 e. The second kappa shape index (κ2) is 13.0. The first-order valence-corrected chi connectivity index (χ1v) is 17.2. The number of pyridine rings is 1. The third-order valence-corrected chi connectivity index (χ3v) is 10.1. The van der Waals surface area contributed by atoms with Crippen LogP contribution in [0.25, 0.3) is 22.0 Å². The number of aryl methyl sites for hydroxylation is 2. The number of carbonyl (C=O) groups excluding carboxylic acids is 3. The van der Waals surface area contributed by atoms with Crippen LogP contribution in [-0.4, -0.2) is 79.1 Å². The molecule has 3 aromatic heterocycles. The normalized spacial score (nSPS) is 22.9. The van der Waals surface area contributed by atoms with E-state index in [1.165, 1.54) is 6.92 Å². The average Bonchev–Trinajstić information content (AvgIpc) is 3.48. The Morgan fingerprint density at radius 3 is 2.58 bits per heavy atom. The number of Topliss-reactive ketones (excluding diaryl/α,β-unsaturated/α-hetero) is 1. The largest absolute Gasteiger partial charge is 0.493 e. The number of fused-ring (bicyclic) bond motifs is 1. The van der Waals surface area contributed by atoms with E-state index in [4.69, 9.17) is 9.47 Å². The zero-order chi connectivity index (χ0) is 33.6. The van der Waals surface area contributed by atoms with Gasteiger partial charge in [-0.15, -0.1) is 0 Å². The molecule has 1 N–H and O–H groups in total. The number of ether oxygens (including phenoxy) is 2. The maximum absolute atomic E-state index is 14.3. The van der Waals surface area contributed by atoms with Gasteiger partial charge in [-0.3, -0.25) is 19.1 Å². The lowest BCUT2D eigenvalue weighted by molar-refractivity contribution is -0.138. The number of hydrogen-bond acceptors (Lipinski definition) is 9. The number of anilines is 1. The van der Waals surface area contributed by atoms with Crippen molar-refractivity contribution in [3.05, 3.63) is 58.3 Å². The number of ketones is 1. The topological polar surface area (TPSA) is 141 Å². The van der Waals surface area contributed by atoms with Crippen LogP contribution in [0.5, 0.6) is 5.75 Å². The Kier molecular flexibility index (Phi) is 8.75. The number of rotatable bonds is 4. The minimum Gasteiger partial charge on any atom is -0.493 e. The molecule has 4 aromatic rings. The number of nitrogens with one attached hydrogen (secondary N) is 1. The molecular formula is C35H38BrN7O5. The highest BCUT2D eigenvalue weighted by Gasteiger charge is 2.67. The molecule has 0 unspecified atom stereocenters. The van der Waals surface area contributed by atoms with Crippen molar-refractivity contribution in [2.24, 2.45) is 5.41 Å². The van der Waals surface area contributed by atoms with Crippen LogP contribution >= 0.6 is 15.9 Å². The van der Waals surface area contributed by atoms with Gasteiger partial charge in [0.25, 0.3) is 0 Å². The first kappa shape index (κ1) is 32.3. The predicted octanol–water partition coefficient (Wildman–Crippen LogP) is 5.44. The van der Waals surface area contributed by atoms with E-state index in [0.29, 0.717) is 59.1 Å². The lowest BCUT2D eigenvalue weighted by atomic mass is 10.00. The molecule has 1 saturated heterocycles. The van der Waals surface area contributed by atoms with Crippen molar-refractivity contribution < 1.29 is 23.9 Å². The molecule has 2 aliphatic heterocycles. The summed E-state index contributed by atoms with van der Waals surface area (Å²) in [6.07, 6.45) is 8.53. The van der Waals surface area contributed by atoms with E-state index in [1.54, 1.807) is 22.0 Å². The number of nitrogens with zero attached hydrogens (tertiary/aromatic N) is 6. The quantitative estimate of drug-likeness (QED) is 0.216. The molecule has 1 aromatic carbocycles. The molecular weight excluding hydrogens is 678 g/mol. The van der Waals surface area contributed by atoms with Crippen molar-refractivity contribution in [3.63, 3.8) is 0 Å². The van der Waals surface area contributed by atoms with Crippen LogP contribution in [0, 0.1) is 19.3 Å². The van der Waals surface area contributed by atoms with Crippen LogP contribution in [0.4, 0.5) is 5.82 Å². The Labute approximate surface area is 286 Å². The van der Waals surface area contributed by atoms with Gasteiger partial charge in [0.1, 0.15) is 40.3 Å². The van der Waals surface area contributed by atoms with E-state index in [-0.39, 0.29) is 41.3 Å². The molecule has 12 nitrogen and oxygen atoms in total. The molecule has 1 aliphatic carbocycles. The third kappa shape index (κ3) is 6.21. The Hall–Kier alpha value is -4.23. The lowest BCUT2D eigenvalue weighted by Gasteiger charge is -2.27. The zero-order valence-corrected chi connectivity index (χ0v) is 28.9. The lowest BCUT2D eigenvalue weighted by Crippen LogP contribution is -2.47. The van der Waals surface area contributed by atoms with Gasteiger partial charge in [0.15, 0.2) is 5.78 Å². The highest BCUT2D eigenvalue weighted by molar-refractivity contribution is 9.10. The molecule has 2 amide bonds. The van der Waals surface area contributed by atoms with E-state index in [1.807, 2.05) is 38.1 Å². The van der Waals surface area contributed by atoms with E-state index >= 15 is 0 Å². The van der Waals surface area contributed by atoms with Crippen molar-refractivity contribution in [1.29, 1.82) is 0 Å². The van der Waals surface area contributed by atoms with Gasteiger partial charge in [0.2, 0.25) is 11.8 Å². The van der Waals surface area contributed by atoms with E-state index < -0.39 is 6.04 Å². The SMILES string of the molecule is CC(=O)c1nn2c3cc(c(-c4cnc(C)nc4)cc13)OCCCCCCOC[C@@]13C[C@@H](C(=O)Nc4nc(Br)ccc4C)N(C(=O)C2)[C@@H]1C3. The molecule has 7 rings (SSSR count).